The first kappa shape index (κ1) is 15.4. The molecule has 0 saturated carbocycles. The Morgan fingerprint density at radius 2 is 2.13 bits per heavy atom. The topological polar surface area (TPSA) is 56.1 Å². The highest BCUT2D eigenvalue weighted by Gasteiger charge is 2.16. The number of aryl methyl sites for hydroxylation is 1. The van der Waals surface area contributed by atoms with E-state index in [4.69, 9.17) is 9.72 Å². The third kappa shape index (κ3) is 3.32. The first-order valence-corrected chi connectivity index (χ1v) is 7.73. The Balaban J connectivity index is 1.91. The molecule has 0 aromatic carbocycles. The molecular weight excluding hydrogens is 290 g/mol. The Kier molecular flexibility index (Phi) is 4.52. The average Bonchev–Trinajstić information content (AvgIpc) is 2.98. The molecule has 0 atom stereocenters. The molecule has 1 aliphatic rings. The fourth-order valence-electron chi connectivity index (χ4n) is 2.54. The van der Waals surface area contributed by atoms with Crippen LogP contribution in [0.15, 0.2) is 37.2 Å². The van der Waals surface area contributed by atoms with Gasteiger partial charge in [0.25, 0.3) is 0 Å². The summed E-state index contributed by atoms with van der Waals surface area (Å²) in [5.74, 6) is 0.741. The molecular formula is C17H21N5O. The van der Waals surface area contributed by atoms with Crippen molar-refractivity contribution in [1.82, 2.24) is 19.7 Å². The number of hydrogen-bond acceptors (Lipinski definition) is 5. The van der Waals surface area contributed by atoms with Gasteiger partial charge in [-0.3, -0.25) is 0 Å². The summed E-state index contributed by atoms with van der Waals surface area (Å²) < 4.78 is 7.16. The molecule has 0 aliphatic carbocycles. The van der Waals surface area contributed by atoms with E-state index in [1.165, 1.54) is 0 Å². The molecule has 3 rings (SSSR count). The normalized spacial score (nSPS) is 15.3. The summed E-state index contributed by atoms with van der Waals surface area (Å²) in [4.78, 5) is 11.2. The number of hydrogen-bond donors (Lipinski definition) is 0. The number of allylic oxidation sites excluding steroid dienone is 3. The summed E-state index contributed by atoms with van der Waals surface area (Å²) in [5.41, 5.74) is 3.61. The van der Waals surface area contributed by atoms with Gasteiger partial charge in [-0.05, 0) is 26.0 Å². The second-order valence-corrected chi connectivity index (χ2v) is 5.41. The maximum atomic E-state index is 5.38. The van der Waals surface area contributed by atoms with Crippen molar-refractivity contribution in [3.05, 3.63) is 42.9 Å². The van der Waals surface area contributed by atoms with Crippen molar-refractivity contribution in [3.63, 3.8) is 0 Å². The Hall–Kier alpha value is -2.47. The molecule has 1 aliphatic heterocycles. The maximum absolute atomic E-state index is 5.38. The van der Waals surface area contributed by atoms with Gasteiger partial charge in [-0.1, -0.05) is 12.7 Å². The first-order chi connectivity index (χ1) is 11.2. The molecule has 3 heterocycles. The number of rotatable bonds is 4. The molecule has 0 unspecified atom stereocenters. The van der Waals surface area contributed by atoms with Crippen molar-refractivity contribution in [2.45, 2.75) is 13.8 Å². The van der Waals surface area contributed by atoms with Crippen LogP contribution in [0.25, 0.3) is 17.0 Å². The monoisotopic (exact) mass is 311 g/mol. The minimum Gasteiger partial charge on any atom is -0.378 e. The number of aromatic nitrogens is 4. The summed E-state index contributed by atoms with van der Waals surface area (Å²) in [5, 5.41) is 4.52. The maximum Gasteiger partial charge on any atom is 0.226 e. The summed E-state index contributed by atoms with van der Waals surface area (Å²) in [7, 11) is 0. The van der Waals surface area contributed by atoms with E-state index in [0.29, 0.717) is 13.2 Å². The summed E-state index contributed by atoms with van der Waals surface area (Å²) >= 11 is 0. The summed E-state index contributed by atoms with van der Waals surface area (Å²) in [6.45, 7) is 11.0. The SMILES string of the molecule is C=C(/C=C\C)n1cc(-c2ccnc(N3CCOCC3)n2)c(C)n1. The molecule has 0 amide bonds. The second-order valence-electron chi connectivity index (χ2n) is 5.41. The van der Waals surface area contributed by atoms with E-state index in [1.807, 2.05) is 38.3 Å². The van der Waals surface area contributed by atoms with Gasteiger partial charge in [0.15, 0.2) is 0 Å². The quantitative estimate of drug-likeness (QED) is 0.812. The van der Waals surface area contributed by atoms with Crippen LogP contribution in [0.4, 0.5) is 5.95 Å². The number of nitrogens with zero attached hydrogens (tertiary/aromatic N) is 5. The van der Waals surface area contributed by atoms with E-state index < -0.39 is 0 Å². The molecule has 2 aromatic heterocycles. The van der Waals surface area contributed by atoms with Crippen LogP contribution in [0, 0.1) is 6.92 Å². The lowest BCUT2D eigenvalue weighted by atomic mass is 10.2. The molecule has 2 aromatic rings. The third-order valence-corrected chi connectivity index (χ3v) is 3.76. The van der Waals surface area contributed by atoms with E-state index in [2.05, 4.69) is 21.6 Å². The molecule has 0 N–H and O–H groups in total. The highest BCUT2D eigenvalue weighted by Crippen LogP contribution is 2.23. The van der Waals surface area contributed by atoms with Crippen LogP contribution in [0.3, 0.4) is 0 Å². The fourth-order valence-corrected chi connectivity index (χ4v) is 2.54. The van der Waals surface area contributed by atoms with Crippen LogP contribution >= 0.6 is 0 Å². The van der Waals surface area contributed by atoms with Crippen LogP contribution in [0.1, 0.15) is 12.6 Å². The summed E-state index contributed by atoms with van der Waals surface area (Å²) in [6.07, 6.45) is 7.63. The van der Waals surface area contributed by atoms with Crippen molar-refractivity contribution >= 4 is 11.6 Å². The minimum absolute atomic E-state index is 0.716. The van der Waals surface area contributed by atoms with E-state index in [0.717, 1.165) is 41.7 Å². The molecule has 120 valence electrons. The van der Waals surface area contributed by atoms with E-state index >= 15 is 0 Å². The van der Waals surface area contributed by atoms with Crippen LogP contribution < -0.4 is 4.90 Å². The molecule has 1 fully saturated rings. The molecule has 0 bridgehead atoms. The lowest BCUT2D eigenvalue weighted by Crippen LogP contribution is -2.37. The zero-order chi connectivity index (χ0) is 16.2. The van der Waals surface area contributed by atoms with Crippen LogP contribution in [0.2, 0.25) is 0 Å². The Bertz CT molecular complexity index is 728. The molecule has 0 radical (unpaired) electrons. The highest BCUT2D eigenvalue weighted by atomic mass is 16.5. The van der Waals surface area contributed by atoms with Gasteiger partial charge >= 0.3 is 0 Å². The van der Waals surface area contributed by atoms with Crippen molar-refractivity contribution in [2.24, 2.45) is 0 Å². The van der Waals surface area contributed by atoms with Gasteiger partial charge in [-0.2, -0.15) is 5.10 Å². The average molecular weight is 311 g/mol. The number of anilines is 1. The molecule has 0 spiro atoms. The van der Waals surface area contributed by atoms with Gasteiger partial charge < -0.3 is 9.64 Å². The van der Waals surface area contributed by atoms with Crippen LogP contribution in [0.5, 0.6) is 0 Å². The molecule has 23 heavy (non-hydrogen) atoms. The smallest absolute Gasteiger partial charge is 0.226 e. The third-order valence-electron chi connectivity index (χ3n) is 3.76. The second kappa shape index (κ2) is 6.75. The lowest BCUT2D eigenvalue weighted by molar-refractivity contribution is 0.122. The van der Waals surface area contributed by atoms with Crippen molar-refractivity contribution in [2.75, 3.05) is 31.2 Å². The highest BCUT2D eigenvalue weighted by molar-refractivity contribution is 5.65. The Labute approximate surface area is 136 Å². The first-order valence-electron chi connectivity index (χ1n) is 7.73. The largest absolute Gasteiger partial charge is 0.378 e. The fraction of sp³-hybridized carbons (Fsp3) is 0.353. The molecule has 6 nitrogen and oxygen atoms in total. The van der Waals surface area contributed by atoms with Crippen LogP contribution in [-0.2, 0) is 4.74 Å². The van der Waals surface area contributed by atoms with Gasteiger partial charge in [0.2, 0.25) is 5.95 Å². The molecule has 1 saturated heterocycles. The number of ether oxygens (including phenoxy) is 1. The van der Waals surface area contributed by atoms with E-state index in [-0.39, 0.29) is 0 Å². The summed E-state index contributed by atoms with van der Waals surface area (Å²) in [6, 6.07) is 1.91. The predicted molar refractivity (Wildman–Crippen MR) is 91.2 cm³/mol. The van der Waals surface area contributed by atoms with Crippen molar-refractivity contribution in [3.8, 4) is 11.3 Å². The standard InChI is InChI=1S/C17H21N5O/c1-4-5-13(2)22-12-15(14(3)20-22)16-6-7-18-17(19-16)21-8-10-23-11-9-21/h4-7,12H,2,8-11H2,1,3H3/b5-4-. The van der Waals surface area contributed by atoms with E-state index in [9.17, 15) is 0 Å². The van der Waals surface area contributed by atoms with Crippen molar-refractivity contribution < 1.29 is 4.74 Å². The van der Waals surface area contributed by atoms with Gasteiger partial charge in [0.05, 0.1) is 30.3 Å². The molecule has 6 heteroatoms. The van der Waals surface area contributed by atoms with Gasteiger partial charge in [-0.25, -0.2) is 14.6 Å². The lowest BCUT2D eigenvalue weighted by Gasteiger charge is -2.26. The van der Waals surface area contributed by atoms with E-state index in [1.54, 1.807) is 10.9 Å². The Morgan fingerprint density at radius 1 is 1.35 bits per heavy atom. The van der Waals surface area contributed by atoms with Gasteiger partial charge in [0, 0.05) is 31.0 Å². The zero-order valence-electron chi connectivity index (χ0n) is 13.6. The van der Waals surface area contributed by atoms with Crippen LogP contribution in [-0.4, -0.2) is 46.1 Å². The van der Waals surface area contributed by atoms with Crippen molar-refractivity contribution in [1.29, 1.82) is 0 Å². The zero-order valence-corrected chi connectivity index (χ0v) is 13.6. The Morgan fingerprint density at radius 3 is 2.87 bits per heavy atom. The minimum atomic E-state index is 0.716. The number of morpholine rings is 1. The predicted octanol–water partition coefficient (Wildman–Crippen LogP) is 2.53. The van der Waals surface area contributed by atoms with Gasteiger partial charge in [0.1, 0.15) is 0 Å². The van der Waals surface area contributed by atoms with Gasteiger partial charge in [-0.15, -0.1) is 0 Å².